The molecular weight excluding hydrogens is 196 g/mol. The van der Waals surface area contributed by atoms with E-state index in [1.165, 1.54) is 12.1 Å². The Labute approximate surface area is 86.4 Å². The van der Waals surface area contributed by atoms with Crippen molar-refractivity contribution in [3.8, 4) is 0 Å². The van der Waals surface area contributed by atoms with Crippen LogP contribution in [-0.4, -0.2) is 10.8 Å². The number of hydrogen-bond donors (Lipinski definition) is 1. The van der Waals surface area contributed by atoms with Crippen molar-refractivity contribution in [1.82, 2.24) is 0 Å². The topological polar surface area (TPSA) is 86.2 Å². The van der Waals surface area contributed by atoms with Crippen LogP contribution in [0.2, 0.25) is 0 Å². The molecule has 0 fully saturated rings. The first-order valence-corrected chi connectivity index (χ1v) is 4.23. The summed E-state index contributed by atoms with van der Waals surface area (Å²) in [6, 6.07) is 5.87. The van der Waals surface area contributed by atoms with E-state index in [2.05, 4.69) is 0 Å². The van der Waals surface area contributed by atoms with E-state index in [0.717, 1.165) is 0 Å². The van der Waals surface area contributed by atoms with E-state index in [9.17, 15) is 14.9 Å². The number of nitro groups is 1. The highest BCUT2D eigenvalue weighted by Crippen LogP contribution is 2.13. The lowest BCUT2D eigenvalue weighted by molar-refractivity contribution is -0.384. The van der Waals surface area contributed by atoms with E-state index in [1.54, 1.807) is 25.1 Å². The summed E-state index contributed by atoms with van der Waals surface area (Å²) in [6.45, 7) is 1.59. The Morgan fingerprint density at radius 1 is 1.40 bits per heavy atom. The number of amides is 1. The van der Waals surface area contributed by atoms with Crippen LogP contribution in [0.25, 0.3) is 6.08 Å². The number of non-ortho nitro benzene ring substituents is 1. The van der Waals surface area contributed by atoms with Gasteiger partial charge in [0.25, 0.3) is 5.69 Å². The SMILES string of the molecule is C/C(=C\c1ccc([N+](=O)[O-])cc1)C(N)=O. The average molecular weight is 206 g/mol. The van der Waals surface area contributed by atoms with E-state index < -0.39 is 10.8 Å². The van der Waals surface area contributed by atoms with Gasteiger partial charge in [-0.05, 0) is 30.7 Å². The van der Waals surface area contributed by atoms with Crippen LogP contribution in [0.15, 0.2) is 29.8 Å². The molecule has 0 aromatic heterocycles. The minimum atomic E-state index is -0.506. The number of nitrogens with zero attached hydrogens (tertiary/aromatic N) is 1. The molecule has 0 unspecified atom stereocenters. The van der Waals surface area contributed by atoms with Crippen LogP contribution in [-0.2, 0) is 4.79 Å². The Kier molecular flexibility index (Phi) is 3.17. The van der Waals surface area contributed by atoms with Gasteiger partial charge in [-0.2, -0.15) is 0 Å². The van der Waals surface area contributed by atoms with Gasteiger partial charge in [-0.25, -0.2) is 0 Å². The van der Waals surface area contributed by atoms with Gasteiger partial charge in [-0.3, -0.25) is 14.9 Å². The Hall–Kier alpha value is -2.17. The number of carbonyl (C=O) groups is 1. The molecule has 15 heavy (non-hydrogen) atoms. The summed E-state index contributed by atoms with van der Waals surface area (Å²) in [4.78, 5) is 20.6. The van der Waals surface area contributed by atoms with Crippen molar-refractivity contribution in [2.45, 2.75) is 6.92 Å². The third-order valence-electron chi connectivity index (χ3n) is 1.88. The summed E-state index contributed by atoms with van der Waals surface area (Å²) in [7, 11) is 0. The Morgan fingerprint density at radius 3 is 2.33 bits per heavy atom. The maximum atomic E-state index is 10.7. The van der Waals surface area contributed by atoms with Gasteiger partial charge in [0.2, 0.25) is 5.91 Å². The van der Waals surface area contributed by atoms with Crippen LogP contribution in [0, 0.1) is 10.1 Å². The molecule has 1 aromatic carbocycles. The molecule has 0 aliphatic heterocycles. The normalized spacial score (nSPS) is 11.1. The van der Waals surface area contributed by atoms with Crippen molar-refractivity contribution in [1.29, 1.82) is 0 Å². The number of primary amides is 1. The molecule has 0 spiro atoms. The predicted molar refractivity (Wildman–Crippen MR) is 55.9 cm³/mol. The molecule has 0 atom stereocenters. The average Bonchev–Trinajstić information content (AvgIpc) is 2.18. The molecule has 0 saturated heterocycles. The summed E-state index contributed by atoms with van der Waals surface area (Å²) < 4.78 is 0. The number of nitro benzene ring substituents is 1. The molecule has 0 bridgehead atoms. The van der Waals surface area contributed by atoms with Gasteiger partial charge in [0.15, 0.2) is 0 Å². The van der Waals surface area contributed by atoms with Gasteiger partial charge in [-0.15, -0.1) is 0 Å². The van der Waals surface area contributed by atoms with Crippen molar-refractivity contribution >= 4 is 17.7 Å². The maximum Gasteiger partial charge on any atom is 0.269 e. The van der Waals surface area contributed by atoms with Crippen molar-refractivity contribution in [2.75, 3.05) is 0 Å². The zero-order valence-electron chi connectivity index (χ0n) is 8.14. The predicted octanol–water partition coefficient (Wildman–Crippen LogP) is 1.48. The fraction of sp³-hybridized carbons (Fsp3) is 0.100. The standard InChI is InChI=1S/C10H10N2O3/c1-7(10(11)13)6-8-2-4-9(5-3-8)12(14)15/h2-6H,1H3,(H2,11,13)/b7-6+. The number of nitrogens with two attached hydrogens (primary N) is 1. The van der Waals surface area contributed by atoms with Crippen LogP contribution in [0.3, 0.4) is 0 Å². The first kappa shape index (κ1) is 10.9. The minimum absolute atomic E-state index is 0.0175. The van der Waals surface area contributed by atoms with Gasteiger partial charge in [0.05, 0.1) is 4.92 Å². The molecule has 5 heteroatoms. The van der Waals surface area contributed by atoms with Crippen LogP contribution < -0.4 is 5.73 Å². The smallest absolute Gasteiger partial charge is 0.269 e. The molecule has 1 rings (SSSR count). The largest absolute Gasteiger partial charge is 0.366 e. The first-order valence-electron chi connectivity index (χ1n) is 4.23. The summed E-state index contributed by atoms with van der Waals surface area (Å²) in [5.41, 5.74) is 6.18. The number of carbonyl (C=O) groups excluding carboxylic acids is 1. The molecule has 1 amide bonds. The first-order chi connectivity index (χ1) is 7.00. The number of hydrogen-bond acceptors (Lipinski definition) is 3. The van der Waals surface area contributed by atoms with Crippen molar-refractivity contribution < 1.29 is 9.72 Å². The molecule has 0 saturated carbocycles. The lowest BCUT2D eigenvalue weighted by Gasteiger charge is -1.96. The highest BCUT2D eigenvalue weighted by molar-refractivity contribution is 5.95. The Morgan fingerprint density at radius 2 is 1.93 bits per heavy atom. The van der Waals surface area contributed by atoms with E-state index in [4.69, 9.17) is 5.73 Å². The van der Waals surface area contributed by atoms with E-state index in [-0.39, 0.29) is 5.69 Å². The van der Waals surface area contributed by atoms with Crippen molar-refractivity contribution in [3.05, 3.63) is 45.5 Å². The zero-order valence-corrected chi connectivity index (χ0v) is 8.14. The summed E-state index contributed by atoms with van der Waals surface area (Å²) in [5, 5.41) is 10.4. The summed E-state index contributed by atoms with van der Waals surface area (Å²) >= 11 is 0. The monoisotopic (exact) mass is 206 g/mol. The molecule has 0 aliphatic rings. The minimum Gasteiger partial charge on any atom is -0.366 e. The third-order valence-corrected chi connectivity index (χ3v) is 1.88. The molecule has 0 heterocycles. The second kappa shape index (κ2) is 4.36. The van der Waals surface area contributed by atoms with Gasteiger partial charge in [-0.1, -0.05) is 0 Å². The van der Waals surface area contributed by atoms with E-state index >= 15 is 0 Å². The van der Waals surface area contributed by atoms with Crippen LogP contribution in [0.1, 0.15) is 12.5 Å². The Bertz CT molecular complexity index is 421. The number of benzene rings is 1. The summed E-state index contributed by atoms with van der Waals surface area (Å²) in [5.74, 6) is -0.506. The van der Waals surface area contributed by atoms with Crippen LogP contribution in [0.5, 0.6) is 0 Å². The van der Waals surface area contributed by atoms with E-state index in [1.807, 2.05) is 0 Å². The van der Waals surface area contributed by atoms with Crippen LogP contribution in [0.4, 0.5) is 5.69 Å². The second-order valence-corrected chi connectivity index (χ2v) is 3.04. The highest BCUT2D eigenvalue weighted by atomic mass is 16.6. The molecule has 5 nitrogen and oxygen atoms in total. The number of rotatable bonds is 3. The maximum absolute atomic E-state index is 10.7. The molecule has 2 N–H and O–H groups in total. The molecule has 78 valence electrons. The Balaban J connectivity index is 2.95. The molecule has 1 aromatic rings. The fourth-order valence-electron chi connectivity index (χ4n) is 1.01. The third kappa shape index (κ3) is 2.91. The van der Waals surface area contributed by atoms with E-state index in [0.29, 0.717) is 11.1 Å². The molecule has 0 aliphatic carbocycles. The van der Waals surface area contributed by atoms with Crippen molar-refractivity contribution in [3.63, 3.8) is 0 Å². The lowest BCUT2D eigenvalue weighted by Crippen LogP contribution is -2.11. The fourth-order valence-corrected chi connectivity index (χ4v) is 1.01. The molecule has 0 radical (unpaired) electrons. The highest BCUT2D eigenvalue weighted by Gasteiger charge is 2.03. The van der Waals surface area contributed by atoms with Gasteiger partial charge in [0.1, 0.15) is 0 Å². The van der Waals surface area contributed by atoms with Crippen molar-refractivity contribution in [2.24, 2.45) is 5.73 Å². The van der Waals surface area contributed by atoms with Gasteiger partial charge in [0, 0.05) is 17.7 Å². The quantitative estimate of drug-likeness (QED) is 0.461. The van der Waals surface area contributed by atoms with Crippen LogP contribution >= 0.6 is 0 Å². The second-order valence-electron chi connectivity index (χ2n) is 3.04. The summed E-state index contributed by atoms with van der Waals surface area (Å²) in [6.07, 6.45) is 1.58. The molecular formula is C10H10N2O3. The van der Waals surface area contributed by atoms with Gasteiger partial charge >= 0.3 is 0 Å². The lowest BCUT2D eigenvalue weighted by atomic mass is 10.1. The zero-order chi connectivity index (χ0) is 11.4. The van der Waals surface area contributed by atoms with Gasteiger partial charge < -0.3 is 5.73 Å².